The second-order valence-electron chi connectivity index (χ2n) is 5.46. The molecule has 0 saturated carbocycles. The van der Waals surface area contributed by atoms with Crippen LogP contribution in [0.15, 0.2) is 16.8 Å². The Labute approximate surface area is 126 Å². The highest BCUT2D eigenvalue weighted by Gasteiger charge is 2.44. The second kappa shape index (κ2) is 5.39. The van der Waals surface area contributed by atoms with Crippen LogP contribution in [-0.4, -0.2) is 49.9 Å². The Kier molecular flexibility index (Phi) is 4.17. The Bertz CT molecular complexity index is 608. The van der Waals surface area contributed by atoms with E-state index in [1.165, 1.54) is 4.31 Å². The van der Waals surface area contributed by atoms with Gasteiger partial charge >= 0.3 is 6.18 Å². The maximum Gasteiger partial charge on any atom is 0.421 e. The second-order valence-corrected chi connectivity index (χ2v) is 7.44. The van der Waals surface area contributed by atoms with Gasteiger partial charge in [0.2, 0.25) is 10.0 Å². The lowest BCUT2D eigenvalue weighted by Gasteiger charge is -2.41. The smallest absolute Gasteiger partial charge is 0.383 e. The minimum Gasteiger partial charge on any atom is -0.383 e. The van der Waals surface area contributed by atoms with E-state index >= 15 is 0 Å². The number of amidine groups is 1. The van der Waals surface area contributed by atoms with Crippen molar-refractivity contribution in [3.63, 3.8) is 0 Å². The molecule has 0 bridgehead atoms. The van der Waals surface area contributed by atoms with Gasteiger partial charge in [-0.25, -0.2) is 17.7 Å². The van der Waals surface area contributed by atoms with Crippen molar-refractivity contribution in [3.05, 3.63) is 11.8 Å². The van der Waals surface area contributed by atoms with Crippen molar-refractivity contribution in [1.82, 2.24) is 9.62 Å². The van der Waals surface area contributed by atoms with E-state index in [0.717, 1.165) is 12.5 Å². The predicted molar refractivity (Wildman–Crippen MR) is 75.0 cm³/mol. The van der Waals surface area contributed by atoms with E-state index < -0.39 is 33.4 Å². The lowest BCUT2D eigenvalue weighted by atomic mass is 9.90. The fourth-order valence-corrected chi connectivity index (χ4v) is 3.49. The number of nitrogens with two attached hydrogens (primary N) is 2. The van der Waals surface area contributed by atoms with Crippen molar-refractivity contribution < 1.29 is 21.6 Å². The van der Waals surface area contributed by atoms with Gasteiger partial charge in [0.15, 0.2) is 5.79 Å². The van der Waals surface area contributed by atoms with E-state index in [4.69, 9.17) is 11.5 Å². The molecular weight excluding hydrogens is 323 g/mol. The molecule has 0 aliphatic carbocycles. The molecule has 0 aromatic heterocycles. The summed E-state index contributed by atoms with van der Waals surface area (Å²) < 4.78 is 62.3. The molecule has 0 aromatic carbocycles. The van der Waals surface area contributed by atoms with Crippen LogP contribution in [0.4, 0.5) is 13.2 Å². The number of hydrogen-bond acceptors (Lipinski definition) is 6. The van der Waals surface area contributed by atoms with Gasteiger partial charge in [-0.1, -0.05) is 0 Å². The lowest BCUT2D eigenvalue weighted by Crippen LogP contribution is -2.61. The van der Waals surface area contributed by atoms with Crippen molar-refractivity contribution in [2.75, 3.05) is 19.3 Å². The fraction of sp³-hybridized carbons (Fsp3) is 0.727. The van der Waals surface area contributed by atoms with E-state index in [0.29, 0.717) is 12.8 Å². The summed E-state index contributed by atoms with van der Waals surface area (Å²) in [5.41, 5.74) is 10.3. The first kappa shape index (κ1) is 17.0. The number of aliphatic imine (C=N–C) groups is 1. The Balaban J connectivity index is 2.11. The zero-order chi connectivity index (χ0) is 16.8. The summed E-state index contributed by atoms with van der Waals surface area (Å²) in [5.74, 6) is -2.45. The Hall–Kier alpha value is -1.33. The van der Waals surface area contributed by atoms with Gasteiger partial charge in [0.05, 0.1) is 6.26 Å². The van der Waals surface area contributed by atoms with Crippen LogP contribution in [0.3, 0.4) is 0 Å². The van der Waals surface area contributed by atoms with Crippen molar-refractivity contribution in [2.24, 2.45) is 22.4 Å². The summed E-state index contributed by atoms with van der Waals surface area (Å²) in [6, 6.07) is 0. The zero-order valence-corrected chi connectivity index (χ0v) is 12.7. The largest absolute Gasteiger partial charge is 0.421 e. The summed E-state index contributed by atoms with van der Waals surface area (Å²) in [4.78, 5) is 3.78. The highest BCUT2D eigenvalue weighted by molar-refractivity contribution is 7.88. The maximum absolute atomic E-state index is 12.7. The summed E-state index contributed by atoms with van der Waals surface area (Å²) in [5, 5.41) is 2.47. The quantitative estimate of drug-likeness (QED) is 0.637. The number of piperidine rings is 1. The molecule has 2 aliphatic heterocycles. The van der Waals surface area contributed by atoms with Crippen molar-refractivity contribution in [1.29, 1.82) is 0 Å². The van der Waals surface area contributed by atoms with Gasteiger partial charge in [0.1, 0.15) is 11.4 Å². The first-order chi connectivity index (χ1) is 9.93. The highest BCUT2D eigenvalue weighted by atomic mass is 32.2. The Morgan fingerprint density at radius 2 is 1.95 bits per heavy atom. The van der Waals surface area contributed by atoms with Gasteiger partial charge in [-0.3, -0.25) is 5.73 Å². The summed E-state index contributed by atoms with van der Waals surface area (Å²) >= 11 is 0. The molecular formula is C11H18F3N5O2S. The van der Waals surface area contributed by atoms with Gasteiger partial charge in [-0.15, -0.1) is 0 Å². The minimum absolute atomic E-state index is 0.245. The molecule has 1 unspecified atom stereocenters. The molecule has 1 atom stereocenters. The molecule has 7 nitrogen and oxygen atoms in total. The van der Waals surface area contributed by atoms with Crippen LogP contribution in [0, 0.1) is 5.92 Å². The van der Waals surface area contributed by atoms with Gasteiger partial charge in [0, 0.05) is 25.2 Å². The summed E-state index contributed by atoms with van der Waals surface area (Å²) in [7, 11) is -3.29. The van der Waals surface area contributed by atoms with Crippen LogP contribution in [0.5, 0.6) is 0 Å². The number of nitrogens with one attached hydrogen (secondary N) is 1. The number of hydrogen-bond donors (Lipinski definition) is 3. The monoisotopic (exact) mass is 341 g/mol. The Morgan fingerprint density at radius 1 is 1.41 bits per heavy atom. The van der Waals surface area contributed by atoms with Crippen LogP contribution in [0.2, 0.25) is 0 Å². The molecule has 0 aromatic rings. The molecule has 5 N–H and O–H groups in total. The number of alkyl halides is 3. The van der Waals surface area contributed by atoms with Gasteiger partial charge in [-0.2, -0.15) is 13.2 Å². The van der Waals surface area contributed by atoms with Crippen molar-refractivity contribution in [3.8, 4) is 0 Å². The summed E-state index contributed by atoms with van der Waals surface area (Å²) in [6.07, 6.45) is -2.02. The lowest BCUT2D eigenvalue weighted by molar-refractivity contribution is -0.0872. The van der Waals surface area contributed by atoms with E-state index in [1.54, 1.807) is 0 Å². The number of rotatable bonds is 2. The third-order valence-electron chi connectivity index (χ3n) is 3.88. The molecule has 0 amide bonds. The average Bonchev–Trinajstić information content (AvgIpc) is 2.36. The van der Waals surface area contributed by atoms with E-state index in [9.17, 15) is 21.6 Å². The molecule has 0 radical (unpaired) electrons. The minimum atomic E-state index is -4.61. The first-order valence-electron chi connectivity index (χ1n) is 6.58. The van der Waals surface area contributed by atoms with Gasteiger partial charge < -0.3 is 11.1 Å². The topological polar surface area (TPSA) is 114 Å². The number of sulfonamides is 1. The van der Waals surface area contributed by atoms with Crippen molar-refractivity contribution >= 4 is 15.9 Å². The molecule has 1 fully saturated rings. The Morgan fingerprint density at radius 3 is 2.36 bits per heavy atom. The average molecular weight is 341 g/mol. The molecule has 0 spiro atoms. The molecule has 11 heteroatoms. The van der Waals surface area contributed by atoms with E-state index in [1.807, 2.05) is 0 Å². The normalized spacial score (nSPS) is 28.8. The van der Waals surface area contributed by atoms with Crippen LogP contribution in [0.1, 0.15) is 12.8 Å². The number of halogens is 3. The predicted octanol–water partition coefficient (Wildman–Crippen LogP) is -0.323. The third-order valence-corrected chi connectivity index (χ3v) is 5.18. The molecule has 2 aliphatic rings. The van der Waals surface area contributed by atoms with Gasteiger partial charge in [-0.05, 0) is 12.8 Å². The molecule has 2 heterocycles. The maximum atomic E-state index is 12.7. The summed E-state index contributed by atoms with van der Waals surface area (Å²) in [6.45, 7) is 0.491. The van der Waals surface area contributed by atoms with E-state index in [-0.39, 0.29) is 19.0 Å². The SMILES string of the molecule is CS(=O)(=O)N1CCC(C2(N)N=C(N)C(C(F)(F)F)=CN2)CC1. The molecule has 126 valence electrons. The van der Waals surface area contributed by atoms with Crippen LogP contribution in [-0.2, 0) is 10.0 Å². The first-order valence-corrected chi connectivity index (χ1v) is 8.43. The number of nitrogens with zero attached hydrogens (tertiary/aromatic N) is 2. The standard InChI is InChI=1S/C11H18F3N5O2S/c1-22(20,21)19-4-2-7(3-5-19)11(16)17-6-8(9(15)18-11)10(12,13)14/h6-7,17H,2-5,16H2,1H3,(H2,15,18). The zero-order valence-electron chi connectivity index (χ0n) is 11.9. The van der Waals surface area contributed by atoms with Crippen LogP contribution < -0.4 is 16.8 Å². The molecule has 1 saturated heterocycles. The molecule has 22 heavy (non-hydrogen) atoms. The van der Waals surface area contributed by atoms with Gasteiger partial charge in [0.25, 0.3) is 0 Å². The van der Waals surface area contributed by atoms with E-state index in [2.05, 4.69) is 10.3 Å². The van der Waals surface area contributed by atoms with Crippen molar-refractivity contribution in [2.45, 2.75) is 24.8 Å². The van der Waals surface area contributed by atoms with Crippen LogP contribution in [0.25, 0.3) is 0 Å². The molecule has 2 rings (SSSR count). The fourth-order valence-electron chi connectivity index (χ4n) is 2.62. The van der Waals surface area contributed by atoms with Crippen LogP contribution >= 0.6 is 0 Å². The highest BCUT2D eigenvalue weighted by Crippen LogP contribution is 2.32. The third kappa shape index (κ3) is 3.36.